The van der Waals surface area contributed by atoms with Gasteiger partial charge in [0.2, 0.25) is 0 Å². The second-order valence-electron chi connectivity index (χ2n) is 7.50. The molecule has 0 spiro atoms. The molecule has 0 aliphatic carbocycles. The summed E-state index contributed by atoms with van der Waals surface area (Å²) < 4.78 is 5.51. The minimum atomic E-state index is -1.99. The molecule has 0 N–H and O–H groups in total. The molecule has 3 aromatic carbocycles. The molecule has 0 aliphatic heterocycles. The van der Waals surface area contributed by atoms with E-state index in [1.807, 2.05) is 0 Å². The molecule has 0 bridgehead atoms. The van der Waals surface area contributed by atoms with Crippen molar-refractivity contribution >= 4 is 31.0 Å². The van der Waals surface area contributed by atoms with E-state index in [2.05, 4.69) is 111 Å². The van der Waals surface area contributed by atoms with Crippen LogP contribution in [0.5, 0.6) is 0 Å². The second-order valence-corrected chi connectivity index (χ2v) is 16.0. The number of hydrogen-bond donors (Lipinski definition) is 0. The van der Waals surface area contributed by atoms with Gasteiger partial charge in [-0.1, -0.05) is 111 Å². The minimum absolute atomic E-state index is 0.972. The van der Waals surface area contributed by atoms with E-state index >= 15 is 0 Å². The standard InChI is InChI=1S/C22H26NPSi/c1-25(2,3)19-23-24(20-13-7-4-8-14-20,21-15-9-5-10-16-21)22-17-11-6-12-18-22/h4-18H,19H2,1-3H3. The van der Waals surface area contributed by atoms with Gasteiger partial charge in [0.05, 0.1) is 15.1 Å². The molecule has 0 saturated heterocycles. The molecule has 0 radical (unpaired) electrons. The maximum Gasteiger partial charge on any atom is 0.0691 e. The predicted molar refractivity (Wildman–Crippen MR) is 116 cm³/mol. The summed E-state index contributed by atoms with van der Waals surface area (Å²) in [5.41, 5.74) is 0. The Hall–Kier alpha value is -1.89. The van der Waals surface area contributed by atoms with Gasteiger partial charge in [0.15, 0.2) is 0 Å². The Morgan fingerprint density at radius 3 is 1.20 bits per heavy atom. The zero-order valence-electron chi connectivity index (χ0n) is 15.3. The van der Waals surface area contributed by atoms with Crippen molar-refractivity contribution in [1.82, 2.24) is 0 Å². The zero-order valence-corrected chi connectivity index (χ0v) is 17.2. The summed E-state index contributed by atoms with van der Waals surface area (Å²) in [6, 6.07) is 32.6. The summed E-state index contributed by atoms with van der Waals surface area (Å²) in [7, 11) is -3.29. The highest BCUT2D eigenvalue weighted by Gasteiger charge is 2.27. The summed E-state index contributed by atoms with van der Waals surface area (Å²) in [5.74, 6) is 0. The van der Waals surface area contributed by atoms with E-state index in [1.54, 1.807) is 0 Å². The Labute approximate surface area is 152 Å². The minimum Gasteiger partial charge on any atom is -0.293 e. The lowest BCUT2D eigenvalue weighted by atomic mass is 10.4. The zero-order chi connectivity index (χ0) is 17.8. The van der Waals surface area contributed by atoms with Gasteiger partial charge in [-0.3, -0.25) is 4.74 Å². The first-order valence-electron chi connectivity index (χ1n) is 8.77. The molecule has 3 heteroatoms. The number of nitrogens with zero attached hydrogens (tertiary/aromatic N) is 1. The van der Waals surface area contributed by atoms with Crippen LogP contribution in [0.3, 0.4) is 0 Å². The Morgan fingerprint density at radius 1 is 0.600 bits per heavy atom. The van der Waals surface area contributed by atoms with E-state index in [0.29, 0.717) is 0 Å². The Balaban J connectivity index is 2.36. The van der Waals surface area contributed by atoms with Crippen molar-refractivity contribution in [2.75, 3.05) is 6.17 Å². The molecule has 0 atom stereocenters. The van der Waals surface area contributed by atoms with Crippen molar-refractivity contribution in [3.8, 4) is 0 Å². The molecule has 25 heavy (non-hydrogen) atoms. The van der Waals surface area contributed by atoms with Crippen LogP contribution in [-0.2, 0) is 0 Å². The maximum atomic E-state index is 5.51. The summed E-state index contributed by atoms with van der Waals surface area (Å²) in [6.45, 7) is 7.18. The largest absolute Gasteiger partial charge is 0.293 e. The monoisotopic (exact) mass is 363 g/mol. The highest BCUT2D eigenvalue weighted by atomic mass is 31.2. The predicted octanol–water partition coefficient (Wildman–Crippen LogP) is 5.04. The van der Waals surface area contributed by atoms with Gasteiger partial charge in [-0.15, -0.1) is 0 Å². The van der Waals surface area contributed by atoms with Gasteiger partial charge in [-0.2, -0.15) is 0 Å². The van der Waals surface area contributed by atoms with Crippen molar-refractivity contribution in [3.63, 3.8) is 0 Å². The number of rotatable bonds is 5. The van der Waals surface area contributed by atoms with Crippen molar-refractivity contribution in [1.29, 1.82) is 0 Å². The average molecular weight is 364 g/mol. The quantitative estimate of drug-likeness (QED) is 0.445. The molecule has 0 aromatic heterocycles. The third kappa shape index (κ3) is 4.03. The van der Waals surface area contributed by atoms with E-state index in [4.69, 9.17) is 4.74 Å². The van der Waals surface area contributed by atoms with Gasteiger partial charge in [0.25, 0.3) is 0 Å². The normalized spacial score (nSPS) is 12.0. The third-order valence-corrected chi connectivity index (χ3v) is 9.22. The Kier molecular flexibility index (Phi) is 5.41. The summed E-state index contributed by atoms with van der Waals surface area (Å²) in [4.78, 5) is 0. The lowest BCUT2D eigenvalue weighted by Gasteiger charge is -2.28. The topological polar surface area (TPSA) is 12.4 Å². The fourth-order valence-electron chi connectivity index (χ4n) is 2.94. The van der Waals surface area contributed by atoms with E-state index in [-0.39, 0.29) is 0 Å². The molecule has 1 nitrogen and oxygen atoms in total. The molecule has 0 saturated carbocycles. The molecule has 0 aliphatic rings. The van der Waals surface area contributed by atoms with Crippen LogP contribution in [0.15, 0.2) is 95.7 Å². The molecule has 128 valence electrons. The summed E-state index contributed by atoms with van der Waals surface area (Å²) in [5, 5.41) is 4.02. The van der Waals surface area contributed by atoms with Crippen LogP contribution in [-0.4, -0.2) is 14.2 Å². The van der Waals surface area contributed by atoms with Gasteiger partial charge in [0.1, 0.15) is 0 Å². The molecule has 0 unspecified atom stereocenters. The second kappa shape index (κ2) is 7.55. The van der Waals surface area contributed by atoms with Crippen LogP contribution < -0.4 is 15.9 Å². The van der Waals surface area contributed by atoms with Gasteiger partial charge >= 0.3 is 0 Å². The lowest BCUT2D eigenvalue weighted by molar-refractivity contribution is 1.31. The summed E-state index contributed by atoms with van der Waals surface area (Å²) in [6.07, 6.45) is 0.972. The van der Waals surface area contributed by atoms with Gasteiger partial charge in [-0.05, 0) is 0 Å². The number of hydrogen-bond acceptors (Lipinski definition) is 1. The molecular formula is C22H26NPSi. The SMILES string of the molecule is C[Si](C)(C)CN=P(c1ccccc1)(c1ccccc1)c1ccccc1. The van der Waals surface area contributed by atoms with Crippen LogP contribution in [0, 0.1) is 0 Å². The first-order valence-corrected chi connectivity index (χ1v) is 14.2. The van der Waals surface area contributed by atoms with Crippen molar-refractivity contribution < 1.29 is 0 Å². The van der Waals surface area contributed by atoms with Crippen LogP contribution >= 0.6 is 7.05 Å². The molecule has 3 aromatic rings. The van der Waals surface area contributed by atoms with Crippen LogP contribution in [0.25, 0.3) is 0 Å². The van der Waals surface area contributed by atoms with E-state index in [1.165, 1.54) is 15.9 Å². The Bertz CT molecular complexity index is 749. The van der Waals surface area contributed by atoms with Gasteiger partial charge in [-0.25, -0.2) is 0 Å². The number of benzene rings is 3. The maximum absolute atomic E-state index is 5.51. The fourth-order valence-corrected chi connectivity index (χ4v) is 8.68. The lowest BCUT2D eigenvalue weighted by Crippen LogP contribution is -2.29. The van der Waals surface area contributed by atoms with E-state index < -0.39 is 15.1 Å². The van der Waals surface area contributed by atoms with E-state index in [0.717, 1.165) is 6.17 Å². The highest BCUT2D eigenvalue weighted by molar-refractivity contribution is 7.87. The van der Waals surface area contributed by atoms with Crippen molar-refractivity contribution in [2.24, 2.45) is 4.74 Å². The fraction of sp³-hybridized carbons (Fsp3) is 0.182. The molecule has 0 amide bonds. The summed E-state index contributed by atoms with van der Waals surface area (Å²) >= 11 is 0. The molecule has 0 heterocycles. The smallest absolute Gasteiger partial charge is 0.0691 e. The molecule has 0 fully saturated rings. The Morgan fingerprint density at radius 2 is 0.920 bits per heavy atom. The van der Waals surface area contributed by atoms with Gasteiger partial charge in [0, 0.05) is 22.1 Å². The van der Waals surface area contributed by atoms with Crippen LogP contribution in [0.1, 0.15) is 0 Å². The van der Waals surface area contributed by atoms with E-state index in [9.17, 15) is 0 Å². The van der Waals surface area contributed by atoms with Crippen molar-refractivity contribution in [3.05, 3.63) is 91.0 Å². The van der Waals surface area contributed by atoms with Crippen LogP contribution in [0.4, 0.5) is 0 Å². The first kappa shape index (κ1) is 17.9. The molecular weight excluding hydrogens is 337 g/mol. The highest BCUT2D eigenvalue weighted by Crippen LogP contribution is 2.46. The average Bonchev–Trinajstić information content (AvgIpc) is 2.64. The third-order valence-electron chi connectivity index (χ3n) is 4.15. The molecule has 3 rings (SSSR count). The van der Waals surface area contributed by atoms with Gasteiger partial charge < -0.3 is 0 Å². The first-order chi connectivity index (χ1) is 12.0. The van der Waals surface area contributed by atoms with Crippen LogP contribution in [0.2, 0.25) is 19.6 Å². The van der Waals surface area contributed by atoms with Crippen molar-refractivity contribution in [2.45, 2.75) is 19.6 Å².